The fraction of sp³-hybridized carbons (Fsp3) is 0.550. The maximum absolute atomic E-state index is 11.5. The van der Waals surface area contributed by atoms with Crippen LogP contribution >= 0.6 is 0 Å². The number of likely N-dealkylation sites (tertiary alicyclic amines) is 1. The maximum atomic E-state index is 11.5. The molecule has 0 aliphatic carbocycles. The smallest absolute Gasteiger partial charge is 0.308 e. The van der Waals surface area contributed by atoms with Gasteiger partial charge in [0.1, 0.15) is 18.5 Å². The first-order chi connectivity index (χ1) is 12.6. The number of β-amino-alcohol motifs (C(OH)–C–C–N with tert-alkyl or cyclic N) is 1. The summed E-state index contributed by atoms with van der Waals surface area (Å²) in [6, 6.07) is 7.85. The van der Waals surface area contributed by atoms with Crippen molar-refractivity contribution in [1.82, 2.24) is 10.2 Å². The van der Waals surface area contributed by atoms with Crippen molar-refractivity contribution in [2.24, 2.45) is 5.92 Å². The van der Waals surface area contributed by atoms with Gasteiger partial charge in [-0.15, -0.1) is 6.58 Å². The van der Waals surface area contributed by atoms with Gasteiger partial charge >= 0.3 is 5.97 Å². The van der Waals surface area contributed by atoms with E-state index in [4.69, 9.17) is 9.47 Å². The predicted octanol–water partition coefficient (Wildman–Crippen LogP) is 1.59. The van der Waals surface area contributed by atoms with Gasteiger partial charge < -0.3 is 24.8 Å². The number of ether oxygens (including phenoxy) is 2. The first-order valence-corrected chi connectivity index (χ1v) is 9.14. The summed E-state index contributed by atoms with van der Waals surface area (Å²) >= 11 is 0. The molecule has 1 aliphatic heterocycles. The molecule has 0 amide bonds. The molecule has 0 radical (unpaired) electrons. The van der Waals surface area contributed by atoms with Gasteiger partial charge in [-0.3, -0.25) is 4.79 Å². The Morgan fingerprint density at radius 2 is 2.23 bits per heavy atom. The van der Waals surface area contributed by atoms with Crippen LogP contribution in [0, 0.1) is 5.92 Å². The molecule has 0 saturated carbocycles. The number of nitrogens with one attached hydrogen (secondary N) is 1. The van der Waals surface area contributed by atoms with Gasteiger partial charge in [0.25, 0.3) is 0 Å². The van der Waals surface area contributed by atoms with Crippen LogP contribution < -0.4 is 10.1 Å². The second-order valence-corrected chi connectivity index (χ2v) is 6.63. The van der Waals surface area contributed by atoms with E-state index < -0.39 is 6.10 Å². The van der Waals surface area contributed by atoms with E-state index in [1.165, 1.54) is 7.11 Å². The number of aliphatic hydroxyl groups is 1. The largest absolute Gasteiger partial charge is 0.491 e. The Bertz CT molecular complexity index is 571. The SMILES string of the molecule is C=CCNCc1cccc(OCC(O)CN2CCC(C(=O)OC)CC2)c1. The van der Waals surface area contributed by atoms with E-state index in [1.807, 2.05) is 30.3 Å². The highest BCUT2D eigenvalue weighted by Gasteiger charge is 2.26. The fourth-order valence-electron chi connectivity index (χ4n) is 3.12. The van der Waals surface area contributed by atoms with E-state index >= 15 is 0 Å². The normalized spacial score (nSPS) is 16.8. The van der Waals surface area contributed by atoms with Gasteiger partial charge in [0, 0.05) is 19.6 Å². The highest BCUT2D eigenvalue weighted by atomic mass is 16.5. The molecular weight excluding hydrogens is 332 g/mol. The molecular formula is C20H30N2O4. The molecule has 1 aliphatic rings. The third-order valence-corrected chi connectivity index (χ3v) is 4.55. The Labute approximate surface area is 155 Å². The first kappa shape index (κ1) is 20.4. The molecule has 1 unspecified atom stereocenters. The maximum Gasteiger partial charge on any atom is 0.308 e. The number of nitrogens with zero attached hydrogens (tertiary/aromatic N) is 1. The van der Waals surface area contributed by atoms with E-state index in [1.54, 1.807) is 0 Å². The van der Waals surface area contributed by atoms with Crippen molar-refractivity contribution in [1.29, 1.82) is 0 Å². The first-order valence-electron chi connectivity index (χ1n) is 9.14. The van der Waals surface area contributed by atoms with Gasteiger partial charge in [-0.2, -0.15) is 0 Å². The lowest BCUT2D eigenvalue weighted by Gasteiger charge is -2.31. The number of carbonyl (C=O) groups is 1. The van der Waals surface area contributed by atoms with Crippen LogP contribution in [0.5, 0.6) is 5.75 Å². The van der Waals surface area contributed by atoms with E-state index in [-0.39, 0.29) is 18.5 Å². The van der Waals surface area contributed by atoms with Crippen LogP contribution in [0.15, 0.2) is 36.9 Å². The van der Waals surface area contributed by atoms with Gasteiger partial charge in [-0.05, 0) is 43.6 Å². The highest BCUT2D eigenvalue weighted by Crippen LogP contribution is 2.19. The Hall–Kier alpha value is -1.89. The fourth-order valence-corrected chi connectivity index (χ4v) is 3.12. The second-order valence-electron chi connectivity index (χ2n) is 6.63. The number of methoxy groups -OCH3 is 1. The molecule has 144 valence electrons. The number of piperidine rings is 1. The summed E-state index contributed by atoms with van der Waals surface area (Å²) in [7, 11) is 1.43. The molecule has 1 aromatic carbocycles. The van der Waals surface area contributed by atoms with Crippen LogP contribution in [0.4, 0.5) is 0 Å². The lowest BCUT2D eigenvalue weighted by molar-refractivity contribution is -0.147. The molecule has 0 bridgehead atoms. The molecule has 2 rings (SSSR count). The zero-order valence-corrected chi connectivity index (χ0v) is 15.5. The summed E-state index contributed by atoms with van der Waals surface area (Å²) in [4.78, 5) is 13.7. The third kappa shape index (κ3) is 6.78. The molecule has 1 fully saturated rings. The number of rotatable bonds is 10. The van der Waals surface area contributed by atoms with Gasteiger partial charge in [-0.1, -0.05) is 18.2 Å². The summed E-state index contributed by atoms with van der Waals surface area (Å²) in [5.41, 5.74) is 1.13. The zero-order valence-electron chi connectivity index (χ0n) is 15.5. The van der Waals surface area contributed by atoms with E-state index in [2.05, 4.69) is 16.8 Å². The van der Waals surface area contributed by atoms with Crippen molar-refractivity contribution < 1.29 is 19.4 Å². The molecule has 6 heteroatoms. The molecule has 0 aromatic heterocycles. The number of benzene rings is 1. The number of aliphatic hydroxyl groups excluding tert-OH is 1. The van der Waals surface area contributed by atoms with Crippen molar-refractivity contribution in [2.45, 2.75) is 25.5 Å². The minimum atomic E-state index is -0.563. The summed E-state index contributed by atoms with van der Waals surface area (Å²) in [5, 5.41) is 13.5. The molecule has 1 heterocycles. The minimum absolute atomic E-state index is 0.0120. The van der Waals surface area contributed by atoms with Gasteiger partial charge in [0.2, 0.25) is 0 Å². The van der Waals surface area contributed by atoms with Gasteiger partial charge in [0.15, 0.2) is 0 Å². The molecule has 0 spiro atoms. The quantitative estimate of drug-likeness (QED) is 0.374. The second kappa shape index (κ2) is 11.0. The number of carbonyl (C=O) groups excluding carboxylic acids is 1. The van der Waals surface area contributed by atoms with Crippen molar-refractivity contribution >= 4 is 5.97 Å². The minimum Gasteiger partial charge on any atom is -0.491 e. The Balaban J connectivity index is 1.70. The number of esters is 1. The van der Waals surface area contributed by atoms with Crippen LogP contribution in [0.25, 0.3) is 0 Å². The summed E-state index contributed by atoms with van der Waals surface area (Å²) in [5.74, 6) is 0.615. The standard InChI is InChI=1S/C20H30N2O4/c1-3-9-21-13-16-5-4-6-19(12-16)26-15-18(23)14-22-10-7-17(8-11-22)20(24)25-2/h3-6,12,17-18,21,23H,1,7-11,13-15H2,2H3. The number of hydrogen-bond donors (Lipinski definition) is 2. The predicted molar refractivity (Wildman–Crippen MR) is 101 cm³/mol. The van der Waals surface area contributed by atoms with Gasteiger partial charge in [-0.25, -0.2) is 0 Å². The molecule has 1 aromatic rings. The Morgan fingerprint density at radius 3 is 2.92 bits per heavy atom. The van der Waals surface area contributed by atoms with Crippen molar-refractivity contribution in [3.63, 3.8) is 0 Å². The van der Waals surface area contributed by atoms with Crippen LogP contribution in [0.3, 0.4) is 0 Å². The third-order valence-electron chi connectivity index (χ3n) is 4.55. The van der Waals surface area contributed by atoms with Crippen LogP contribution in [-0.2, 0) is 16.1 Å². The van der Waals surface area contributed by atoms with Crippen molar-refractivity contribution in [3.05, 3.63) is 42.5 Å². The molecule has 6 nitrogen and oxygen atoms in total. The number of hydrogen-bond acceptors (Lipinski definition) is 6. The van der Waals surface area contributed by atoms with E-state index in [0.717, 1.165) is 50.3 Å². The summed E-state index contributed by atoms with van der Waals surface area (Å²) in [6.45, 7) is 7.58. The molecule has 2 N–H and O–H groups in total. The molecule has 1 atom stereocenters. The Morgan fingerprint density at radius 1 is 1.46 bits per heavy atom. The highest BCUT2D eigenvalue weighted by molar-refractivity contribution is 5.72. The summed E-state index contributed by atoms with van der Waals surface area (Å²) in [6.07, 6.45) is 2.82. The van der Waals surface area contributed by atoms with Crippen LogP contribution in [0.2, 0.25) is 0 Å². The van der Waals surface area contributed by atoms with Crippen molar-refractivity contribution in [3.8, 4) is 5.75 Å². The van der Waals surface area contributed by atoms with Crippen LogP contribution in [0.1, 0.15) is 18.4 Å². The zero-order chi connectivity index (χ0) is 18.8. The topological polar surface area (TPSA) is 71.0 Å². The lowest BCUT2D eigenvalue weighted by Crippen LogP contribution is -2.42. The molecule has 26 heavy (non-hydrogen) atoms. The van der Waals surface area contributed by atoms with Gasteiger partial charge in [0.05, 0.1) is 13.0 Å². The van der Waals surface area contributed by atoms with E-state index in [0.29, 0.717) is 6.54 Å². The Kier molecular flexibility index (Phi) is 8.61. The molecule has 1 saturated heterocycles. The summed E-state index contributed by atoms with van der Waals surface area (Å²) < 4.78 is 10.5. The van der Waals surface area contributed by atoms with Crippen molar-refractivity contribution in [2.75, 3.05) is 39.9 Å². The average Bonchev–Trinajstić information content (AvgIpc) is 2.67. The average molecular weight is 362 g/mol. The van der Waals surface area contributed by atoms with Crippen LogP contribution in [-0.4, -0.2) is 62.0 Å². The lowest BCUT2D eigenvalue weighted by atomic mass is 9.97. The van der Waals surface area contributed by atoms with E-state index in [9.17, 15) is 9.90 Å². The monoisotopic (exact) mass is 362 g/mol.